The summed E-state index contributed by atoms with van der Waals surface area (Å²) in [5.74, 6) is -8.31. The Balaban J connectivity index is 1.37. The van der Waals surface area contributed by atoms with Gasteiger partial charge in [-0.05, 0) is 76.0 Å². The topological polar surface area (TPSA) is 9.23 Å². The van der Waals surface area contributed by atoms with Crippen LogP contribution in [0.3, 0.4) is 0 Å². The van der Waals surface area contributed by atoms with Crippen LogP contribution in [-0.4, -0.2) is 0 Å². The number of benzene rings is 5. The average molecular weight is 555 g/mol. The summed E-state index contributed by atoms with van der Waals surface area (Å²) < 4.78 is 105. The van der Waals surface area contributed by atoms with E-state index in [1.807, 2.05) is 6.92 Å². The van der Waals surface area contributed by atoms with Crippen LogP contribution >= 0.6 is 0 Å². The highest BCUT2D eigenvalue weighted by molar-refractivity contribution is 5.88. The van der Waals surface area contributed by atoms with Gasteiger partial charge in [-0.3, -0.25) is 0 Å². The smallest absolute Gasteiger partial charge is 0.195 e. The molecule has 204 valence electrons. The normalized spacial score (nSPS) is 11.3. The fourth-order valence-corrected chi connectivity index (χ4v) is 4.61. The van der Waals surface area contributed by atoms with E-state index in [0.717, 1.165) is 30.7 Å². The minimum atomic E-state index is -1.63. The Morgan fingerprint density at radius 2 is 1.18 bits per heavy atom. The highest BCUT2D eigenvalue weighted by Crippen LogP contribution is 2.34. The molecule has 0 amide bonds. The van der Waals surface area contributed by atoms with Gasteiger partial charge in [0, 0.05) is 5.39 Å². The molecule has 0 aliphatic rings. The van der Waals surface area contributed by atoms with Gasteiger partial charge in [0.2, 0.25) is 0 Å². The standard InChI is InChI=1S/C32H21F7O/c1-2-3-18-10-27(36)32(28(37)11-18)40-16-17-4-6-19(7-5-17)21-13-24(33)29(25(34)14-21)20-8-9-23-22(12-20)15-26(35)31(39)30(23)38/h4-15H,2-3,16H2,1H3. The van der Waals surface area contributed by atoms with Crippen LogP contribution < -0.4 is 4.74 Å². The molecule has 0 unspecified atom stereocenters. The molecule has 0 spiro atoms. The summed E-state index contributed by atoms with van der Waals surface area (Å²) in [7, 11) is 0. The lowest BCUT2D eigenvalue weighted by Crippen LogP contribution is -2.01. The quantitative estimate of drug-likeness (QED) is 0.144. The molecule has 0 fully saturated rings. The lowest BCUT2D eigenvalue weighted by Gasteiger charge is -2.12. The summed E-state index contributed by atoms with van der Waals surface area (Å²) in [6.45, 7) is 1.78. The van der Waals surface area contributed by atoms with Crippen molar-refractivity contribution in [1.29, 1.82) is 0 Å². The Hall–Kier alpha value is -4.33. The number of aryl methyl sites for hydroxylation is 1. The zero-order chi connectivity index (χ0) is 28.6. The van der Waals surface area contributed by atoms with Crippen LogP contribution in [0, 0.1) is 40.7 Å². The fraction of sp³-hybridized carbons (Fsp3) is 0.125. The molecule has 0 aliphatic carbocycles. The zero-order valence-electron chi connectivity index (χ0n) is 21.1. The van der Waals surface area contributed by atoms with Gasteiger partial charge in [0.15, 0.2) is 34.8 Å². The number of hydrogen-bond donors (Lipinski definition) is 0. The molecule has 8 heteroatoms. The second-order valence-corrected chi connectivity index (χ2v) is 9.36. The second kappa shape index (κ2) is 11.0. The van der Waals surface area contributed by atoms with Gasteiger partial charge in [0.05, 0.1) is 5.56 Å². The van der Waals surface area contributed by atoms with E-state index in [9.17, 15) is 22.0 Å². The minimum Gasteiger partial charge on any atom is -0.483 e. The van der Waals surface area contributed by atoms with Crippen molar-refractivity contribution in [2.45, 2.75) is 26.4 Å². The maximum absolute atomic E-state index is 15.1. The van der Waals surface area contributed by atoms with Crippen LogP contribution in [0.25, 0.3) is 33.0 Å². The van der Waals surface area contributed by atoms with E-state index in [4.69, 9.17) is 4.74 Å². The lowest BCUT2D eigenvalue weighted by molar-refractivity contribution is 0.274. The molecule has 1 nitrogen and oxygen atoms in total. The van der Waals surface area contributed by atoms with Gasteiger partial charge in [0.1, 0.15) is 18.2 Å². The largest absolute Gasteiger partial charge is 0.483 e. The van der Waals surface area contributed by atoms with E-state index in [0.29, 0.717) is 23.1 Å². The van der Waals surface area contributed by atoms with Crippen LogP contribution in [-0.2, 0) is 13.0 Å². The molecule has 0 saturated heterocycles. The van der Waals surface area contributed by atoms with Gasteiger partial charge < -0.3 is 4.74 Å². The van der Waals surface area contributed by atoms with E-state index < -0.39 is 52.0 Å². The van der Waals surface area contributed by atoms with Crippen LogP contribution in [0.2, 0.25) is 0 Å². The SMILES string of the molecule is CCCc1cc(F)c(OCc2ccc(-c3cc(F)c(-c4ccc5c(F)c(F)c(F)cc5c4)c(F)c3)cc2)c(F)c1. The van der Waals surface area contributed by atoms with Crippen molar-refractivity contribution >= 4 is 10.8 Å². The number of rotatable bonds is 7. The molecule has 0 radical (unpaired) electrons. The van der Waals surface area contributed by atoms with E-state index in [1.165, 1.54) is 24.3 Å². The highest BCUT2D eigenvalue weighted by Gasteiger charge is 2.18. The molecule has 0 bridgehead atoms. The van der Waals surface area contributed by atoms with Crippen LogP contribution in [0.4, 0.5) is 30.7 Å². The van der Waals surface area contributed by atoms with E-state index >= 15 is 8.78 Å². The predicted octanol–water partition coefficient (Wildman–Crippen LogP) is 9.68. The number of ether oxygens (including phenoxy) is 1. The van der Waals surface area contributed by atoms with Crippen LogP contribution in [0.5, 0.6) is 5.75 Å². The van der Waals surface area contributed by atoms with E-state index in [1.54, 1.807) is 24.3 Å². The molecule has 0 N–H and O–H groups in total. The first-order valence-electron chi connectivity index (χ1n) is 12.4. The summed E-state index contributed by atoms with van der Waals surface area (Å²) in [6, 6.07) is 15.4. The Bertz CT molecular complexity index is 1680. The molecule has 5 aromatic carbocycles. The molecular formula is C32H21F7O. The maximum atomic E-state index is 15.1. The van der Waals surface area contributed by atoms with Gasteiger partial charge in [-0.1, -0.05) is 49.7 Å². The predicted molar refractivity (Wildman–Crippen MR) is 139 cm³/mol. The van der Waals surface area contributed by atoms with Crippen molar-refractivity contribution in [3.05, 3.63) is 125 Å². The number of hydrogen-bond acceptors (Lipinski definition) is 1. The third-order valence-electron chi connectivity index (χ3n) is 6.57. The van der Waals surface area contributed by atoms with Crippen LogP contribution in [0.1, 0.15) is 24.5 Å². The summed E-state index contributed by atoms with van der Waals surface area (Å²) in [6.07, 6.45) is 1.29. The first-order chi connectivity index (χ1) is 19.2. The highest BCUT2D eigenvalue weighted by atomic mass is 19.2. The second-order valence-electron chi connectivity index (χ2n) is 9.36. The summed E-state index contributed by atoms with van der Waals surface area (Å²) in [4.78, 5) is 0. The third kappa shape index (κ3) is 5.26. The molecule has 5 rings (SSSR count). The fourth-order valence-electron chi connectivity index (χ4n) is 4.61. The van der Waals surface area contributed by atoms with Gasteiger partial charge in [0.25, 0.3) is 0 Å². The molecule has 40 heavy (non-hydrogen) atoms. The molecule has 5 aromatic rings. The van der Waals surface area contributed by atoms with Crippen molar-refractivity contribution in [3.63, 3.8) is 0 Å². The molecular weight excluding hydrogens is 533 g/mol. The maximum Gasteiger partial charge on any atom is 0.195 e. The average Bonchev–Trinajstić information content (AvgIpc) is 2.91. The Kier molecular flexibility index (Phi) is 7.52. The minimum absolute atomic E-state index is 0.0224. The zero-order valence-corrected chi connectivity index (χ0v) is 21.1. The number of halogens is 7. The summed E-state index contributed by atoms with van der Waals surface area (Å²) in [5.41, 5.74) is 1.41. The van der Waals surface area contributed by atoms with Crippen molar-refractivity contribution in [2.24, 2.45) is 0 Å². The van der Waals surface area contributed by atoms with Crippen molar-refractivity contribution in [2.75, 3.05) is 0 Å². The van der Waals surface area contributed by atoms with E-state index in [-0.39, 0.29) is 28.5 Å². The van der Waals surface area contributed by atoms with Crippen molar-refractivity contribution < 1.29 is 35.5 Å². The monoisotopic (exact) mass is 554 g/mol. The number of fused-ring (bicyclic) bond motifs is 1. The first-order valence-corrected chi connectivity index (χ1v) is 12.4. The summed E-state index contributed by atoms with van der Waals surface area (Å²) >= 11 is 0. The Labute approximate surface area is 225 Å². The molecule has 0 aliphatic heterocycles. The molecule has 0 atom stereocenters. The van der Waals surface area contributed by atoms with Gasteiger partial charge in [-0.2, -0.15) is 0 Å². The van der Waals surface area contributed by atoms with Gasteiger partial charge in [-0.25, -0.2) is 30.7 Å². The Morgan fingerprint density at radius 3 is 1.80 bits per heavy atom. The summed E-state index contributed by atoms with van der Waals surface area (Å²) in [5, 5.41) is -0.269. The molecule has 0 heterocycles. The van der Waals surface area contributed by atoms with Gasteiger partial charge >= 0.3 is 0 Å². The van der Waals surface area contributed by atoms with E-state index in [2.05, 4.69) is 0 Å². The molecule has 0 aromatic heterocycles. The Morgan fingerprint density at radius 1 is 0.550 bits per heavy atom. The van der Waals surface area contributed by atoms with Gasteiger partial charge in [-0.15, -0.1) is 0 Å². The first kappa shape index (κ1) is 27.2. The lowest BCUT2D eigenvalue weighted by atomic mass is 9.96. The molecule has 0 saturated carbocycles. The van der Waals surface area contributed by atoms with Crippen LogP contribution in [0.15, 0.2) is 72.8 Å². The van der Waals surface area contributed by atoms with Crippen molar-refractivity contribution in [1.82, 2.24) is 0 Å². The third-order valence-corrected chi connectivity index (χ3v) is 6.57. The van der Waals surface area contributed by atoms with Crippen molar-refractivity contribution in [3.8, 4) is 28.0 Å².